The molecule has 5 nitrogen and oxygen atoms in total. The van der Waals surface area contributed by atoms with Gasteiger partial charge in [-0.3, -0.25) is 4.68 Å². The van der Waals surface area contributed by atoms with Crippen LogP contribution in [0.5, 0.6) is 5.75 Å². The number of halogens is 1. The lowest BCUT2D eigenvalue weighted by molar-refractivity contribution is 0.407. The third-order valence-electron chi connectivity index (χ3n) is 4.20. The topological polar surface area (TPSA) is 63.7 Å². The molecular formula is C20H19ClN4OS. The Morgan fingerprint density at radius 2 is 2.15 bits per heavy atom. The van der Waals surface area contributed by atoms with E-state index in [1.54, 1.807) is 7.11 Å². The summed E-state index contributed by atoms with van der Waals surface area (Å²) in [7, 11) is 1.64. The van der Waals surface area contributed by atoms with Gasteiger partial charge in [-0.2, -0.15) is 10.4 Å². The zero-order chi connectivity index (χ0) is 19.6. The van der Waals surface area contributed by atoms with Gasteiger partial charge in [0.15, 0.2) is 0 Å². The highest BCUT2D eigenvalue weighted by atomic mass is 35.5. The highest BCUT2D eigenvalue weighted by Gasteiger charge is 2.13. The van der Waals surface area contributed by atoms with Gasteiger partial charge in [0.1, 0.15) is 16.8 Å². The largest absolute Gasteiger partial charge is 0.496 e. The zero-order valence-corrected chi connectivity index (χ0v) is 17.1. The molecule has 0 unspecified atom stereocenters. The minimum absolute atomic E-state index is 0.530. The molecule has 0 N–H and O–H groups in total. The molecule has 0 saturated carbocycles. The van der Waals surface area contributed by atoms with E-state index < -0.39 is 0 Å². The maximum atomic E-state index is 9.52. The third kappa shape index (κ3) is 4.05. The van der Waals surface area contributed by atoms with E-state index in [0.29, 0.717) is 17.1 Å². The van der Waals surface area contributed by atoms with Gasteiger partial charge in [-0.15, -0.1) is 11.3 Å². The van der Waals surface area contributed by atoms with Crippen molar-refractivity contribution in [3.8, 4) is 11.8 Å². The molecule has 138 valence electrons. The van der Waals surface area contributed by atoms with Crippen molar-refractivity contribution in [3.05, 3.63) is 61.8 Å². The van der Waals surface area contributed by atoms with E-state index >= 15 is 0 Å². The van der Waals surface area contributed by atoms with Gasteiger partial charge in [0.25, 0.3) is 0 Å². The van der Waals surface area contributed by atoms with E-state index in [1.807, 2.05) is 55.1 Å². The van der Waals surface area contributed by atoms with E-state index in [2.05, 4.69) is 16.2 Å². The first-order chi connectivity index (χ1) is 12.9. The molecule has 0 fully saturated rings. The van der Waals surface area contributed by atoms with Gasteiger partial charge in [-0.1, -0.05) is 17.7 Å². The van der Waals surface area contributed by atoms with Crippen LogP contribution in [0.2, 0.25) is 5.02 Å². The van der Waals surface area contributed by atoms with Crippen LogP contribution in [0.4, 0.5) is 0 Å². The van der Waals surface area contributed by atoms with Crippen LogP contribution >= 0.6 is 22.9 Å². The number of benzene rings is 1. The second-order valence-corrected chi connectivity index (χ2v) is 7.41. The normalized spacial score (nSPS) is 11.5. The summed E-state index contributed by atoms with van der Waals surface area (Å²) in [6.45, 7) is 6.27. The molecule has 7 heteroatoms. The molecule has 0 aliphatic carbocycles. The first-order valence-electron chi connectivity index (χ1n) is 8.33. The molecule has 1 aromatic carbocycles. The predicted octanol–water partition coefficient (Wildman–Crippen LogP) is 5.04. The van der Waals surface area contributed by atoms with E-state index in [9.17, 15) is 5.26 Å². The quantitative estimate of drug-likeness (QED) is 0.565. The van der Waals surface area contributed by atoms with Crippen molar-refractivity contribution >= 4 is 34.6 Å². The fraction of sp³-hybridized carbons (Fsp3) is 0.250. The molecule has 3 aromatic rings. The summed E-state index contributed by atoms with van der Waals surface area (Å²) in [6.07, 6.45) is 1.84. The monoisotopic (exact) mass is 398 g/mol. The van der Waals surface area contributed by atoms with Crippen LogP contribution in [-0.4, -0.2) is 21.9 Å². The van der Waals surface area contributed by atoms with Crippen molar-refractivity contribution < 1.29 is 4.74 Å². The van der Waals surface area contributed by atoms with Crippen molar-refractivity contribution in [2.24, 2.45) is 0 Å². The predicted molar refractivity (Wildman–Crippen MR) is 109 cm³/mol. The molecule has 0 spiro atoms. The Balaban J connectivity index is 1.99. The Kier molecular flexibility index (Phi) is 5.64. The first kappa shape index (κ1) is 19.2. The molecule has 2 heterocycles. The Morgan fingerprint density at radius 3 is 2.70 bits per heavy atom. The minimum Gasteiger partial charge on any atom is -0.496 e. The van der Waals surface area contributed by atoms with Gasteiger partial charge in [0.05, 0.1) is 35.6 Å². The van der Waals surface area contributed by atoms with Gasteiger partial charge < -0.3 is 4.74 Å². The Hall–Kier alpha value is -2.62. The SMILES string of the molecule is COc1ccc(/C=C(\C#N)c2nc(C)cs2)cc1Cn1nc(C)c(Cl)c1C. The number of aryl methyl sites for hydroxylation is 2. The second kappa shape index (κ2) is 7.95. The van der Waals surface area contributed by atoms with Gasteiger partial charge in [0, 0.05) is 16.6 Å². The lowest BCUT2D eigenvalue weighted by Gasteiger charge is -2.11. The average Bonchev–Trinajstić information content (AvgIpc) is 3.19. The summed E-state index contributed by atoms with van der Waals surface area (Å²) >= 11 is 7.73. The Bertz CT molecular complexity index is 1060. The second-order valence-electron chi connectivity index (χ2n) is 6.18. The van der Waals surface area contributed by atoms with Crippen molar-refractivity contribution in [1.29, 1.82) is 5.26 Å². The summed E-state index contributed by atoms with van der Waals surface area (Å²) < 4.78 is 7.36. The van der Waals surface area contributed by atoms with Gasteiger partial charge in [-0.05, 0) is 44.5 Å². The average molecular weight is 399 g/mol. The summed E-state index contributed by atoms with van der Waals surface area (Å²) in [6, 6.07) is 8.07. The van der Waals surface area contributed by atoms with Gasteiger partial charge in [-0.25, -0.2) is 4.98 Å². The molecule has 27 heavy (non-hydrogen) atoms. The number of rotatable bonds is 5. The zero-order valence-electron chi connectivity index (χ0n) is 15.6. The molecule has 0 bridgehead atoms. The molecule has 0 radical (unpaired) electrons. The molecule has 2 aromatic heterocycles. The van der Waals surface area contributed by atoms with Crippen molar-refractivity contribution in [2.45, 2.75) is 27.3 Å². The van der Waals surface area contributed by atoms with Crippen LogP contribution in [0.3, 0.4) is 0 Å². The lowest BCUT2D eigenvalue weighted by Crippen LogP contribution is -2.06. The molecule has 0 atom stereocenters. The van der Waals surface area contributed by atoms with Crippen LogP contribution in [0, 0.1) is 32.1 Å². The van der Waals surface area contributed by atoms with Gasteiger partial charge in [0.2, 0.25) is 0 Å². The van der Waals surface area contributed by atoms with Crippen LogP contribution < -0.4 is 4.74 Å². The minimum atomic E-state index is 0.530. The summed E-state index contributed by atoms with van der Waals surface area (Å²) in [5.74, 6) is 0.763. The Morgan fingerprint density at radius 1 is 1.37 bits per heavy atom. The van der Waals surface area contributed by atoms with Crippen LogP contribution in [0.25, 0.3) is 11.6 Å². The van der Waals surface area contributed by atoms with Crippen LogP contribution in [-0.2, 0) is 6.54 Å². The van der Waals surface area contributed by atoms with E-state index in [4.69, 9.17) is 16.3 Å². The molecule has 0 aliphatic rings. The maximum Gasteiger partial charge on any atom is 0.134 e. The smallest absolute Gasteiger partial charge is 0.134 e. The first-order valence-corrected chi connectivity index (χ1v) is 9.59. The van der Waals surface area contributed by atoms with Gasteiger partial charge >= 0.3 is 0 Å². The summed E-state index contributed by atoms with van der Waals surface area (Å²) in [4.78, 5) is 4.40. The lowest BCUT2D eigenvalue weighted by atomic mass is 10.1. The number of nitrogens with zero attached hydrogens (tertiary/aromatic N) is 4. The highest BCUT2D eigenvalue weighted by Crippen LogP contribution is 2.27. The Labute approximate surface area is 167 Å². The molecular weight excluding hydrogens is 380 g/mol. The number of nitriles is 1. The molecule has 0 saturated heterocycles. The fourth-order valence-electron chi connectivity index (χ4n) is 2.79. The number of methoxy groups -OCH3 is 1. The molecule has 3 rings (SSSR count). The van der Waals surface area contributed by atoms with Crippen LogP contribution in [0.15, 0.2) is 23.6 Å². The number of ether oxygens (including phenoxy) is 1. The number of thiazole rings is 1. The maximum absolute atomic E-state index is 9.52. The highest BCUT2D eigenvalue weighted by molar-refractivity contribution is 7.11. The van der Waals surface area contributed by atoms with E-state index in [0.717, 1.165) is 39.0 Å². The number of aromatic nitrogens is 3. The number of hydrogen-bond acceptors (Lipinski definition) is 5. The summed E-state index contributed by atoms with van der Waals surface area (Å²) in [5.41, 5.74) is 5.03. The van der Waals surface area contributed by atoms with E-state index in [1.165, 1.54) is 11.3 Å². The standard InChI is InChI=1S/C20H19ClN4OS/c1-12-11-27-20(23-12)16(9-22)7-15-5-6-18(26-4)17(8-15)10-25-14(3)19(21)13(2)24-25/h5-8,11H,10H2,1-4H3/b16-7+. The fourth-order valence-corrected chi connectivity index (χ4v) is 3.69. The van der Waals surface area contributed by atoms with E-state index in [-0.39, 0.29) is 0 Å². The van der Waals surface area contributed by atoms with Crippen molar-refractivity contribution in [2.75, 3.05) is 7.11 Å². The van der Waals surface area contributed by atoms with Crippen molar-refractivity contribution in [1.82, 2.24) is 14.8 Å². The van der Waals surface area contributed by atoms with Crippen molar-refractivity contribution in [3.63, 3.8) is 0 Å². The molecule has 0 aliphatic heterocycles. The third-order valence-corrected chi connectivity index (χ3v) is 5.74. The number of hydrogen-bond donors (Lipinski definition) is 0. The van der Waals surface area contributed by atoms with Crippen LogP contribution in [0.1, 0.15) is 33.2 Å². The summed E-state index contributed by atoms with van der Waals surface area (Å²) in [5, 5.41) is 17.3. The number of allylic oxidation sites excluding steroid dienone is 1. The molecule has 0 amide bonds.